The Morgan fingerprint density at radius 2 is 1.41 bits per heavy atom. The second kappa shape index (κ2) is 6.89. The predicted molar refractivity (Wildman–Crippen MR) is 89.0 cm³/mol. The first-order valence-corrected chi connectivity index (χ1v) is 6.92. The summed E-state index contributed by atoms with van der Waals surface area (Å²) >= 11 is 0. The first-order chi connectivity index (χ1) is 10.6. The van der Waals surface area contributed by atoms with Crippen molar-refractivity contribution in [3.05, 3.63) is 60.2 Å². The molecule has 0 spiro atoms. The number of benzene rings is 2. The lowest BCUT2D eigenvalue weighted by molar-refractivity contribution is 0.354. The average Bonchev–Trinajstić information content (AvgIpc) is 2.55. The van der Waals surface area contributed by atoms with Gasteiger partial charge in [-0.1, -0.05) is 18.2 Å². The maximum atomic E-state index is 6.00. The van der Waals surface area contributed by atoms with Crippen LogP contribution in [0.4, 0.5) is 5.69 Å². The van der Waals surface area contributed by atoms with E-state index in [0.29, 0.717) is 22.9 Å². The van der Waals surface area contributed by atoms with E-state index in [2.05, 4.69) is 6.58 Å². The fourth-order valence-electron chi connectivity index (χ4n) is 2.46. The highest BCUT2D eigenvalue weighted by molar-refractivity contribution is 5.57. The van der Waals surface area contributed by atoms with E-state index in [-0.39, 0.29) is 5.92 Å². The van der Waals surface area contributed by atoms with E-state index in [1.165, 1.54) is 0 Å². The van der Waals surface area contributed by atoms with Gasteiger partial charge in [-0.15, -0.1) is 6.58 Å². The van der Waals surface area contributed by atoms with Gasteiger partial charge in [0.05, 0.1) is 27.0 Å². The van der Waals surface area contributed by atoms with Crippen LogP contribution in [-0.4, -0.2) is 21.3 Å². The van der Waals surface area contributed by atoms with Crippen LogP contribution in [0, 0.1) is 0 Å². The Bertz CT molecular complexity index is 667. The molecule has 4 nitrogen and oxygen atoms in total. The molecule has 0 fully saturated rings. The van der Waals surface area contributed by atoms with Crippen molar-refractivity contribution in [3.63, 3.8) is 0 Å². The van der Waals surface area contributed by atoms with Crippen molar-refractivity contribution in [2.75, 3.05) is 27.1 Å². The number of nitrogens with two attached hydrogens (primary N) is 1. The molecule has 0 bridgehead atoms. The van der Waals surface area contributed by atoms with Crippen LogP contribution in [0.5, 0.6) is 17.2 Å². The van der Waals surface area contributed by atoms with E-state index in [1.54, 1.807) is 21.3 Å². The second-order valence-electron chi connectivity index (χ2n) is 4.83. The Labute approximate surface area is 131 Å². The number of allylic oxidation sites excluding steroid dienone is 1. The highest BCUT2D eigenvalue weighted by Gasteiger charge is 2.15. The maximum absolute atomic E-state index is 6.00. The molecule has 0 aliphatic heterocycles. The summed E-state index contributed by atoms with van der Waals surface area (Å²) in [5.41, 5.74) is 8.70. The lowest BCUT2D eigenvalue weighted by Crippen LogP contribution is -2.01. The molecule has 1 unspecified atom stereocenters. The van der Waals surface area contributed by atoms with Gasteiger partial charge in [0.15, 0.2) is 11.5 Å². The Morgan fingerprint density at radius 1 is 0.864 bits per heavy atom. The van der Waals surface area contributed by atoms with E-state index in [1.807, 2.05) is 42.5 Å². The van der Waals surface area contributed by atoms with Crippen LogP contribution in [0.15, 0.2) is 49.1 Å². The molecule has 0 radical (unpaired) electrons. The minimum absolute atomic E-state index is 0.00742. The van der Waals surface area contributed by atoms with Crippen LogP contribution < -0.4 is 19.9 Å². The zero-order chi connectivity index (χ0) is 16.1. The van der Waals surface area contributed by atoms with Crippen molar-refractivity contribution >= 4 is 5.69 Å². The van der Waals surface area contributed by atoms with Crippen molar-refractivity contribution < 1.29 is 14.2 Å². The fraction of sp³-hybridized carbons (Fsp3) is 0.222. The monoisotopic (exact) mass is 299 g/mol. The minimum atomic E-state index is 0.00742. The minimum Gasteiger partial charge on any atom is -0.495 e. The van der Waals surface area contributed by atoms with Crippen molar-refractivity contribution in [2.24, 2.45) is 0 Å². The number of hydrogen-bond donors (Lipinski definition) is 1. The highest BCUT2D eigenvalue weighted by atomic mass is 16.5. The Kier molecular flexibility index (Phi) is 4.94. The molecule has 0 amide bonds. The van der Waals surface area contributed by atoms with Gasteiger partial charge >= 0.3 is 0 Å². The third kappa shape index (κ3) is 3.01. The van der Waals surface area contributed by atoms with E-state index in [9.17, 15) is 0 Å². The summed E-state index contributed by atoms with van der Waals surface area (Å²) in [4.78, 5) is 0. The van der Waals surface area contributed by atoms with E-state index in [0.717, 1.165) is 11.1 Å². The van der Waals surface area contributed by atoms with Gasteiger partial charge in [0.1, 0.15) is 5.75 Å². The Hall–Kier alpha value is -2.62. The molecule has 2 N–H and O–H groups in total. The third-order valence-corrected chi connectivity index (χ3v) is 3.62. The molecule has 116 valence electrons. The first kappa shape index (κ1) is 15.8. The van der Waals surface area contributed by atoms with Gasteiger partial charge in [-0.2, -0.15) is 0 Å². The maximum Gasteiger partial charge on any atom is 0.161 e. The summed E-state index contributed by atoms with van der Waals surface area (Å²) in [6.07, 6.45) is 1.88. The number of anilines is 1. The van der Waals surface area contributed by atoms with Gasteiger partial charge in [0.25, 0.3) is 0 Å². The fourth-order valence-corrected chi connectivity index (χ4v) is 2.46. The molecule has 0 saturated heterocycles. The third-order valence-electron chi connectivity index (χ3n) is 3.62. The first-order valence-electron chi connectivity index (χ1n) is 6.92. The predicted octanol–water partition coefficient (Wildman–Crippen LogP) is 3.61. The quantitative estimate of drug-likeness (QED) is 0.654. The van der Waals surface area contributed by atoms with E-state index >= 15 is 0 Å². The molecule has 2 aromatic rings. The Morgan fingerprint density at radius 3 is 1.91 bits per heavy atom. The summed E-state index contributed by atoms with van der Waals surface area (Å²) in [7, 11) is 4.84. The van der Waals surface area contributed by atoms with Gasteiger partial charge in [-0.25, -0.2) is 0 Å². The zero-order valence-corrected chi connectivity index (χ0v) is 13.1. The lowest BCUT2D eigenvalue weighted by atomic mass is 9.91. The average molecular weight is 299 g/mol. The van der Waals surface area contributed by atoms with Crippen molar-refractivity contribution in [1.82, 2.24) is 0 Å². The number of ether oxygens (including phenoxy) is 3. The molecule has 1 atom stereocenters. The molecule has 0 aliphatic carbocycles. The van der Waals surface area contributed by atoms with Crippen LogP contribution in [-0.2, 0) is 0 Å². The molecular weight excluding hydrogens is 278 g/mol. The van der Waals surface area contributed by atoms with Gasteiger partial charge in [-0.3, -0.25) is 0 Å². The highest BCUT2D eigenvalue weighted by Crippen LogP contribution is 2.35. The molecular formula is C18H21NO3. The van der Waals surface area contributed by atoms with Crippen LogP contribution in [0.25, 0.3) is 0 Å². The standard InChI is InChI=1S/C18H21NO3/c1-5-14(12-6-8-16(20-2)15(19)10-12)13-7-9-17(21-3)18(11-13)22-4/h5-11,14H,1,19H2,2-4H3. The van der Waals surface area contributed by atoms with Gasteiger partial charge in [-0.05, 0) is 35.4 Å². The van der Waals surface area contributed by atoms with Gasteiger partial charge in [0, 0.05) is 5.92 Å². The summed E-state index contributed by atoms with van der Waals surface area (Å²) in [6, 6.07) is 11.6. The summed E-state index contributed by atoms with van der Waals surface area (Å²) in [5.74, 6) is 2.06. The van der Waals surface area contributed by atoms with Crippen molar-refractivity contribution in [3.8, 4) is 17.2 Å². The Balaban J connectivity index is 2.44. The molecule has 0 saturated carbocycles. The van der Waals surface area contributed by atoms with Crippen LogP contribution in [0.1, 0.15) is 17.0 Å². The number of hydrogen-bond acceptors (Lipinski definition) is 4. The SMILES string of the molecule is C=CC(c1ccc(OC)c(N)c1)c1ccc(OC)c(OC)c1. The molecule has 0 heterocycles. The van der Waals surface area contributed by atoms with Crippen LogP contribution in [0.3, 0.4) is 0 Å². The number of nitrogen functional groups attached to an aromatic ring is 1. The molecule has 2 rings (SSSR count). The summed E-state index contributed by atoms with van der Waals surface area (Å²) < 4.78 is 15.8. The van der Waals surface area contributed by atoms with Gasteiger partial charge < -0.3 is 19.9 Å². The van der Waals surface area contributed by atoms with Crippen LogP contribution >= 0.6 is 0 Å². The largest absolute Gasteiger partial charge is 0.495 e. The number of rotatable bonds is 6. The van der Waals surface area contributed by atoms with E-state index in [4.69, 9.17) is 19.9 Å². The lowest BCUT2D eigenvalue weighted by Gasteiger charge is -2.17. The van der Waals surface area contributed by atoms with Crippen molar-refractivity contribution in [1.29, 1.82) is 0 Å². The topological polar surface area (TPSA) is 53.7 Å². The molecule has 22 heavy (non-hydrogen) atoms. The summed E-state index contributed by atoms with van der Waals surface area (Å²) in [6.45, 7) is 3.94. The normalized spacial score (nSPS) is 11.6. The molecule has 0 aliphatic rings. The smallest absolute Gasteiger partial charge is 0.161 e. The molecule has 4 heteroatoms. The van der Waals surface area contributed by atoms with Gasteiger partial charge in [0.2, 0.25) is 0 Å². The van der Waals surface area contributed by atoms with Crippen LogP contribution in [0.2, 0.25) is 0 Å². The number of methoxy groups -OCH3 is 3. The molecule has 0 aromatic heterocycles. The summed E-state index contributed by atoms with van der Waals surface area (Å²) in [5, 5.41) is 0. The molecule has 2 aromatic carbocycles. The zero-order valence-electron chi connectivity index (χ0n) is 13.1. The van der Waals surface area contributed by atoms with Crippen molar-refractivity contribution in [2.45, 2.75) is 5.92 Å². The van der Waals surface area contributed by atoms with E-state index < -0.39 is 0 Å². The second-order valence-corrected chi connectivity index (χ2v) is 4.83.